The van der Waals surface area contributed by atoms with E-state index in [1.54, 1.807) is 0 Å². The van der Waals surface area contributed by atoms with Crippen LogP contribution in [0.25, 0.3) is 0 Å². The maximum absolute atomic E-state index is 3.58. The molecule has 1 heteroatoms. The Morgan fingerprint density at radius 3 is 2.40 bits per heavy atom. The van der Waals surface area contributed by atoms with Crippen LogP contribution >= 0.6 is 0 Å². The molecule has 1 nitrogen and oxygen atoms in total. The molecule has 1 aromatic carbocycles. The molecule has 0 aromatic heterocycles. The molecule has 84 valence electrons. The van der Waals surface area contributed by atoms with Crippen molar-refractivity contribution in [2.24, 2.45) is 5.92 Å². The van der Waals surface area contributed by atoms with E-state index < -0.39 is 0 Å². The van der Waals surface area contributed by atoms with Crippen molar-refractivity contribution < 1.29 is 0 Å². The molecule has 0 unspecified atom stereocenters. The van der Waals surface area contributed by atoms with E-state index >= 15 is 0 Å². The minimum atomic E-state index is 0.624. The summed E-state index contributed by atoms with van der Waals surface area (Å²) in [5.74, 6) is 0.765. The molecule has 0 fully saturated rings. The van der Waals surface area contributed by atoms with Crippen LogP contribution in [0.5, 0.6) is 0 Å². The zero-order valence-corrected chi connectivity index (χ0v) is 10.2. The zero-order chi connectivity index (χ0) is 11.1. The Morgan fingerprint density at radius 1 is 1.13 bits per heavy atom. The van der Waals surface area contributed by atoms with Gasteiger partial charge in [-0.25, -0.2) is 0 Å². The fourth-order valence-corrected chi connectivity index (χ4v) is 1.64. The van der Waals surface area contributed by atoms with Crippen LogP contribution in [0.15, 0.2) is 30.3 Å². The van der Waals surface area contributed by atoms with E-state index in [-0.39, 0.29) is 0 Å². The summed E-state index contributed by atoms with van der Waals surface area (Å²) in [6.45, 7) is 7.91. The second-order valence-electron chi connectivity index (χ2n) is 4.36. The summed E-state index contributed by atoms with van der Waals surface area (Å²) < 4.78 is 0. The molecule has 0 heterocycles. The molecule has 0 bridgehead atoms. The number of nitrogens with one attached hydrogen (secondary N) is 1. The summed E-state index contributed by atoms with van der Waals surface area (Å²) in [5, 5.41) is 3.58. The molecular weight excluding hydrogens is 182 g/mol. The van der Waals surface area contributed by atoms with Crippen molar-refractivity contribution in [3.8, 4) is 0 Å². The van der Waals surface area contributed by atoms with Gasteiger partial charge in [0.1, 0.15) is 0 Å². The highest BCUT2D eigenvalue weighted by molar-refractivity contribution is 5.14. The van der Waals surface area contributed by atoms with Gasteiger partial charge >= 0.3 is 0 Å². The fraction of sp³-hybridized carbons (Fsp3) is 0.571. The first-order valence-corrected chi connectivity index (χ1v) is 6.01. The Balaban J connectivity index is 2.22. The van der Waals surface area contributed by atoms with Crippen LogP contribution < -0.4 is 5.32 Å². The molecule has 1 rings (SSSR count). The number of rotatable bonds is 6. The van der Waals surface area contributed by atoms with E-state index in [0.717, 1.165) is 18.9 Å². The Labute approximate surface area is 93.9 Å². The summed E-state index contributed by atoms with van der Waals surface area (Å²) in [6.07, 6.45) is 2.38. The minimum Gasteiger partial charge on any atom is -0.314 e. The number of hydrogen-bond donors (Lipinski definition) is 1. The quantitative estimate of drug-likeness (QED) is 0.751. The third-order valence-electron chi connectivity index (χ3n) is 3.22. The van der Waals surface area contributed by atoms with Crippen LogP contribution in [0.4, 0.5) is 0 Å². The van der Waals surface area contributed by atoms with Gasteiger partial charge in [-0.1, -0.05) is 50.6 Å². The highest BCUT2D eigenvalue weighted by Gasteiger charge is 2.08. The monoisotopic (exact) mass is 205 g/mol. The topological polar surface area (TPSA) is 12.0 Å². The van der Waals surface area contributed by atoms with Gasteiger partial charge in [-0.05, 0) is 31.4 Å². The minimum absolute atomic E-state index is 0.624. The summed E-state index contributed by atoms with van der Waals surface area (Å²) in [7, 11) is 0. The zero-order valence-electron chi connectivity index (χ0n) is 10.2. The summed E-state index contributed by atoms with van der Waals surface area (Å²) in [5.41, 5.74) is 1.42. The molecule has 0 spiro atoms. The van der Waals surface area contributed by atoms with Gasteiger partial charge in [-0.2, -0.15) is 0 Å². The highest BCUT2D eigenvalue weighted by atomic mass is 14.9. The van der Waals surface area contributed by atoms with Crippen molar-refractivity contribution in [3.05, 3.63) is 35.9 Å². The SMILES string of the molecule is CC[C@H](C)[C@@H](C)NCCc1ccccc1. The predicted octanol–water partition coefficient (Wildman–Crippen LogP) is 3.25. The smallest absolute Gasteiger partial charge is 0.00643 e. The molecule has 1 aromatic rings. The first kappa shape index (κ1) is 12.3. The largest absolute Gasteiger partial charge is 0.314 e. The second kappa shape index (κ2) is 6.62. The van der Waals surface area contributed by atoms with Gasteiger partial charge in [-0.3, -0.25) is 0 Å². The molecule has 0 saturated carbocycles. The lowest BCUT2D eigenvalue weighted by molar-refractivity contribution is 0.393. The summed E-state index contributed by atoms with van der Waals surface area (Å²) in [6, 6.07) is 11.3. The van der Waals surface area contributed by atoms with Gasteiger partial charge in [-0.15, -0.1) is 0 Å². The van der Waals surface area contributed by atoms with E-state index in [1.807, 2.05) is 0 Å². The molecule has 1 N–H and O–H groups in total. The van der Waals surface area contributed by atoms with Gasteiger partial charge < -0.3 is 5.32 Å². The summed E-state index contributed by atoms with van der Waals surface area (Å²) >= 11 is 0. The van der Waals surface area contributed by atoms with Gasteiger partial charge in [0.2, 0.25) is 0 Å². The first-order chi connectivity index (χ1) is 7.24. The van der Waals surface area contributed by atoms with Crippen LogP contribution in [-0.2, 0) is 6.42 Å². The summed E-state index contributed by atoms with van der Waals surface area (Å²) in [4.78, 5) is 0. The molecule has 15 heavy (non-hydrogen) atoms. The Hall–Kier alpha value is -0.820. The van der Waals surface area contributed by atoms with E-state index in [4.69, 9.17) is 0 Å². The normalized spacial score (nSPS) is 14.9. The Morgan fingerprint density at radius 2 is 1.80 bits per heavy atom. The molecule has 0 aliphatic carbocycles. The second-order valence-corrected chi connectivity index (χ2v) is 4.36. The maximum atomic E-state index is 3.58. The lowest BCUT2D eigenvalue weighted by Crippen LogP contribution is -2.33. The van der Waals surface area contributed by atoms with Gasteiger partial charge in [0.25, 0.3) is 0 Å². The van der Waals surface area contributed by atoms with E-state index in [9.17, 15) is 0 Å². The van der Waals surface area contributed by atoms with Gasteiger partial charge in [0.05, 0.1) is 0 Å². The fourth-order valence-electron chi connectivity index (χ4n) is 1.64. The third-order valence-corrected chi connectivity index (χ3v) is 3.22. The van der Waals surface area contributed by atoms with Gasteiger partial charge in [0.15, 0.2) is 0 Å². The molecule has 2 atom stereocenters. The van der Waals surface area contributed by atoms with Crippen LogP contribution in [0.3, 0.4) is 0 Å². The number of benzene rings is 1. The van der Waals surface area contributed by atoms with Crippen molar-refractivity contribution >= 4 is 0 Å². The van der Waals surface area contributed by atoms with E-state index in [0.29, 0.717) is 6.04 Å². The molecule has 0 saturated heterocycles. The molecule has 0 aliphatic rings. The first-order valence-electron chi connectivity index (χ1n) is 6.01. The van der Waals surface area contributed by atoms with Gasteiger partial charge in [0, 0.05) is 6.04 Å². The van der Waals surface area contributed by atoms with Crippen molar-refractivity contribution in [3.63, 3.8) is 0 Å². The molecular formula is C14H23N. The van der Waals surface area contributed by atoms with Crippen LogP contribution in [-0.4, -0.2) is 12.6 Å². The Bertz CT molecular complexity index is 255. The van der Waals surface area contributed by atoms with Crippen LogP contribution in [0.1, 0.15) is 32.8 Å². The predicted molar refractivity (Wildman–Crippen MR) is 67.1 cm³/mol. The number of hydrogen-bond acceptors (Lipinski definition) is 1. The molecule has 0 amide bonds. The van der Waals surface area contributed by atoms with Crippen LogP contribution in [0.2, 0.25) is 0 Å². The lowest BCUT2D eigenvalue weighted by Gasteiger charge is -2.19. The lowest BCUT2D eigenvalue weighted by atomic mass is 10.0. The molecule has 0 radical (unpaired) electrons. The van der Waals surface area contributed by atoms with E-state index in [2.05, 4.69) is 56.4 Å². The van der Waals surface area contributed by atoms with Crippen molar-refractivity contribution in [2.45, 2.75) is 39.7 Å². The average Bonchev–Trinajstić information content (AvgIpc) is 2.29. The van der Waals surface area contributed by atoms with E-state index in [1.165, 1.54) is 12.0 Å². The molecule has 0 aliphatic heterocycles. The van der Waals surface area contributed by atoms with Crippen molar-refractivity contribution in [1.82, 2.24) is 5.32 Å². The Kier molecular flexibility index (Phi) is 5.41. The van der Waals surface area contributed by atoms with Crippen LogP contribution in [0, 0.1) is 5.92 Å². The van der Waals surface area contributed by atoms with Crippen molar-refractivity contribution in [2.75, 3.05) is 6.54 Å². The average molecular weight is 205 g/mol. The highest BCUT2D eigenvalue weighted by Crippen LogP contribution is 2.06. The standard InChI is InChI=1S/C14H23N/c1-4-12(2)13(3)15-11-10-14-8-6-5-7-9-14/h5-9,12-13,15H,4,10-11H2,1-3H3/t12-,13+/m0/s1. The third kappa shape index (κ3) is 4.48. The maximum Gasteiger partial charge on any atom is 0.00643 e. The van der Waals surface area contributed by atoms with Crippen molar-refractivity contribution in [1.29, 1.82) is 0 Å².